The third kappa shape index (κ3) is 2.94. The maximum Gasteiger partial charge on any atom is 0.293 e. The largest absolute Gasteiger partial charge is 0.302 e. The van der Waals surface area contributed by atoms with Crippen molar-refractivity contribution in [1.29, 1.82) is 5.26 Å². The maximum atomic E-state index is 13.1. The summed E-state index contributed by atoms with van der Waals surface area (Å²) >= 11 is 3.37. The monoisotopic (exact) mass is 432 g/mol. The van der Waals surface area contributed by atoms with Crippen LogP contribution in [0.25, 0.3) is 21.8 Å². The molecule has 0 N–H and O–H groups in total. The summed E-state index contributed by atoms with van der Waals surface area (Å²) in [6, 6.07) is 9.74. The van der Waals surface area contributed by atoms with Crippen LogP contribution in [0.4, 0.5) is 0 Å². The Kier molecular flexibility index (Phi) is 4.64. The van der Waals surface area contributed by atoms with Crippen molar-refractivity contribution in [2.45, 2.75) is 20.0 Å². The molecular weight excluding hydrogens is 420 g/mol. The van der Waals surface area contributed by atoms with Crippen molar-refractivity contribution in [2.24, 2.45) is 0 Å². The van der Waals surface area contributed by atoms with Gasteiger partial charge in [-0.25, -0.2) is 9.67 Å². The van der Waals surface area contributed by atoms with Crippen LogP contribution in [0.5, 0.6) is 0 Å². The number of hydrogen-bond acceptors (Lipinski definition) is 5. The summed E-state index contributed by atoms with van der Waals surface area (Å²) in [5, 5.41) is 15.5. The molecular formula is C20H13BrN6O. The summed E-state index contributed by atoms with van der Waals surface area (Å²) in [6.07, 6.45) is 3.23. The molecule has 7 nitrogen and oxygen atoms in total. The van der Waals surface area contributed by atoms with Crippen LogP contribution in [0, 0.1) is 23.2 Å². The molecule has 0 saturated heterocycles. The van der Waals surface area contributed by atoms with E-state index in [0.29, 0.717) is 33.6 Å². The number of halogens is 1. The van der Waals surface area contributed by atoms with Gasteiger partial charge in [-0.1, -0.05) is 30.2 Å². The van der Waals surface area contributed by atoms with Gasteiger partial charge in [-0.15, -0.1) is 5.92 Å². The van der Waals surface area contributed by atoms with Crippen LogP contribution in [-0.4, -0.2) is 24.3 Å². The van der Waals surface area contributed by atoms with Crippen molar-refractivity contribution in [3.63, 3.8) is 0 Å². The number of nitrogens with zero attached hydrogens (tertiary/aromatic N) is 6. The van der Waals surface area contributed by atoms with Crippen molar-refractivity contribution < 1.29 is 0 Å². The molecule has 0 aliphatic rings. The minimum atomic E-state index is -0.313. The van der Waals surface area contributed by atoms with Crippen LogP contribution >= 0.6 is 15.9 Å². The fourth-order valence-electron chi connectivity index (χ4n) is 3.06. The van der Waals surface area contributed by atoms with E-state index in [1.165, 1.54) is 10.9 Å². The molecule has 4 aromatic rings. The molecule has 0 unspecified atom stereocenters. The highest BCUT2D eigenvalue weighted by Crippen LogP contribution is 2.21. The highest BCUT2D eigenvalue weighted by atomic mass is 79.9. The van der Waals surface area contributed by atoms with E-state index in [1.54, 1.807) is 17.7 Å². The number of benzene rings is 1. The molecule has 0 aliphatic heterocycles. The number of pyridine rings is 1. The van der Waals surface area contributed by atoms with Gasteiger partial charge in [0.15, 0.2) is 4.73 Å². The minimum Gasteiger partial charge on any atom is -0.302 e. The minimum absolute atomic E-state index is 0.0881. The predicted octanol–water partition coefficient (Wildman–Crippen LogP) is 2.85. The van der Waals surface area contributed by atoms with Crippen LogP contribution in [0.1, 0.15) is 18.2 Å². The van der Waals surface area contributed by atoms with Crippen molar-refractivity contribution in [2.75, 3.05) is 0 Å². The normalized spacial score (nSPS) is 10.6. The second kappa shape index (κ2) is 7.26. The predicted molar refractivity (Wildman–Crippen MR) is 108 cm³/mol. The summed E-state index contributed by atoms with van der Waals surface area (Å²) in [4.78, 5) is 21.8. The molecule has 3 heterocycles. The molecule has 0 saturated carbocycles. The lowest BCUT2D eigenvalue weighted by molar-refractivity contribution is 0.631. The molecule has 136 valence electrons. The molecule has 0 spiro atoms. The first-order valence-electron chi connectivity index (χ1n) is 8.42. The average Bonchev–Trinajstić information content (AvgIpc) is 3.04. The number of imidazole rings is 1. The maximum absolute atomic E-state index is 13.1. The van der Waals surface area contributed by atoms with Crippen LogP contribution < -0.4 is 5.56 Å². The van der Waals surface area contributed by atoms with Gasteiger partial charge in [-0.2, -0.15) is 10.4 Å². The summed E-state index contributed by atoms with van der Waals surface area (Å²) in [7, 11) is 0. The van der Waals surface area contributed by atoms with Crippen LogP contribution in [0.3, 0.4) is 0 Å². The summed E-state index contributed by atoms with van der Waals surface area (Å²) < 4.78 is 3.51. The third-order valence-electron chi connectivity index (χ3n) is 4.41. The average molecular weight is 433 g/mol. The zero-order chi connectivity index (χ0) is 19.7. The molecule has 0 amide bonds. The lowest BCUT2D eigenvalue weighted by atomic mass is 10.1. The number of aromatic nitrogens is 5. The van der Waals surface area contributed by atoms with E-state index in [2.05, 4.69) is 48.9 Å². The van der Waals surface area contributed by atoms with Gasteiger partial charge in [0.2, 0.25) is 0 Å². The van der Waals surface area contributed by atoms with Crippen molar-refractivity contribution in [3.05, 3.63) is 63.0 Å². The topological polar surface area (TPSA) is 89.4 Å². The Balaban J connectivity index is 1.86. The number of rotatable bonds is 3. The quantitative estimate of drug-likeness (QED) is 0.464. The van der Waals surface area contributed by atoms with Gasteiger partial charge in [0.1, 0.15) is 17.1 Å². The SMILES string of the molecule is CC#CCn1c(Br)nc2cnn(Cc3ncc4ccccc4c3C#N)c(=O)c21. The second-order valence-electron chi connectivity index (χ2n) is 6.01. The first-order valence-corrected chi connectivity index (χ1v) is 9.21. The lowest BCUT2D eigenvalue weighted by Gasteiger charge is -2.08. The molecule has 4 rings (SSSR count). The Morgan fingerprint density at radius 1 is 1.25 bits per heavy atom. The van der Waals surface area contributed by atoms with E-state index in [9.17, 15) is 10.1 Å². The van der Waals surface area contributed by atoms with E-state index < -0.39 is 0 Å². The second-order valence-corrected chi connectivity index (χ2v) is 6.72. The van der Waals surface area contributed by atoms with E-state index in [4.69, 9.17) is 0 Å². The molecule has 0 fully saturated rings. The number of hydrogen-bond donors (Lipinski definition) is 0. The van der Waals surface area contributed by atoms with Crippen molar-refractivity contribution >= 4 is 37.7 Å². The Bertz CT molecular complexity index is 1380. The molecule has 0 atom stereocenters. The summed E-state index contributed by atoms with van der Waals surface area (Å²) in [5.41, 5.74) is 1.52. The highest BCUT2D eigenvalue weighted by Gasteiger charge is 2.16. The Labute approximate surface area is 168 Å². The first kappa shape index (κ1) is 17.9. The summed E-state index contributed by atoms with van der Waals surface area (Å²) in [6.45, 7) is 2.16. The van der Waals surface area contributed by atoms with E-state index >= 15 is 0 Å². The Hall–Kier alpha value is -3.49. The van der Waals surface area contributed by atoms with Crippen LogP contribution in [0.2, 0.25) is 0 Å². The third-order valence-corrected chi connectivity index (χ3v) is 5.01. The molecule has 0 bridgehead atoms. The van der Waals surface area contributed by atoms with Crippen molar-refractivity contribution in [3.8, 4) is 17.9 Å². The first-order chi connectivity index (χ1) is 13.6. The van der Waals surface area contributed by atoms with Gasteiger partial charge in [0.25, 0.3) is 5.56 Å². The molecule has 0 radical (unpaired) electrons. The van der Waals surface area contributed by atoms with E-state index in [-0.39, 0.29) is 12.1 Å². The Morgan fingerprint density at radius 3 is 2.86 bits per heavy atom. The fourth-order valence-corrected chi connectivity index (χ4v) is 3.56. The highest BCUT2D eigenvalue weighted by molar-refractivity contribution is 9.10. The van der Waals surface area contributed by atoms with Gasteiger partial charge in [-0.05, 0) is 22.9 Å². The van der Waals surface area contributed by atoms with Gasteiger partial charge in [0, 0.05) is 17.0 Å². The van der Waals surface area contributed by atoms with Crippen LogP contribution in [0.15, 0.2) is 46.2 Å². The lowest BCUT2D eigenvalue weighted by Crippen LogP contribution is -2.25. The van der Waals surface area contributed by atoms with Gasteiger partial charge >= 0.3 is 0 Å². The summed E-state index contributed by atoms with van der Waals surface area (Å²) in [5.74, 6) is 5.75. The standard InChI is InChI=1S/C20H13BrN6O/c1-2-3-8-26-18-16(25-20(26)21)11-24-27(19(18)28)12-17-15(9-22)14-7-5-4-6-13(14)10-23-17/h4-7,10-11H,8,12H2,1H3. The number of fused-ring (bicyclic) bond motifs is 2. The van der Waals surface area contributed by atoms with Gasteiger partial charge < -0.3 is 4.57 Å². The zero-order valence-electron chi connectivity index (χ0n) is 14.8. The van der Waals surface area contributed by atoms with Crippen molar-refractivity contribution in [1.82, 2.24) is 24.3 Å². The Morgan fingerprint density at radius 2 is 2.07 bits per heavy atom. The molecule has 28 heavy (non-hydrogen) atoms. The molecule has 3 aromatic heterocycles. The molecule has 0 aliphatic carbocycles. The van der Waals surface area contributed by atoms with E-state index in [1.807, 2.05) is 24.3 Å². The fraction of sp³-hybridized carbons (Fsp3) is 0.150. The molecule has 8 heteroatoms. The van der Waals surface area contributed by atoms with E-state index in [0.717, 1.165) is 10.8 Å². The zero-order valence-corrected chi connectivity index (χ0v) is 16.4. The number of nitriles is 1. The van der Waals surface area contributed by atoms with Gasteiger partial charge in [0.05, 0.1) is 30.5 Å². The molecule has 1 aromatic carbocycles. The van der Waals surface area contributed by atoms with Gasteiger partial charge in [-0.3, -0.25) is 9.78 Å². The van der Waals surface area contributed by atoms with Crippen LogP contribution in [-0.2, 0) is 13.1 Å². The smallest absolute Gasteiger partial charge is 0.293 e.